The largest absolute Gasteiger partial charge is 0.378 e. The first kappa shape index (κ1) is 11.6. The normalized spacial score (nSPS) is 27.2. The predicted octanol–water partition coefficient (Wildman–Crippen LogP) is 1.72. The van der Waals surface area contributed by atoms with Gasteiger partial charge in [-0.2, -0.15) is 5.10 Å². The van der Waals surface area contributed by atoms with Gasteiger partial charge in [0.2, 0.25) is 0 Å². The Morgan fingerprint density at radius 3 is 3.06 bits per heavy atom. The van der Waals surface area contributed by atoms with E-state index in [1.807, 2.05) is 10.9 Å². The van der Waals surface area contributed by atoms with Gasteiger partial charge in [-0.15, -0.1) is 0 Å². The van der Waals surface area contributed by atoms with E-state index >= 15 is 0 Å². The third kappa shape index (κ3) is 2.13. The summed E-state index contributed by atoms with van der Waals surface area (Å²) in [5.41, 5.74) is 7.44. The fraction of sp³-hybridized carbons (Fsp3) is 0.750. The van der Waals surface area contributed by atoms with Gasteiger partial charge in [-0.1, -0.05) is 6.92 Å². The molecule has 3 unspecified atom stereocenters. The molecule has 0 spiro atoms. The standard InChI is InChI=1S/C12H21N3O/c1-3-11-10(5-6-16-11)12(13)9-7-14-15(4-2)8-9/h7-8,10-12H,3-6,13H2,1-2H3. The van der Waals surface area contributed by atoms with Crippen molar-refractivity contribution < 1.29 is 4.74 Å². The van der Waals surface area contributed by atoms with Crippen LogP contribution in [0.15, 0.2) is 12.4 Å². The van der Waals surface area contributed by atoms with Gasteiger partial charge in [0.25, 0.3) is 0 Å². The van der Waals surface area contributed by atoms with Crippen LogP contribution in [0.5, 0.6) is 0 Å². The topological polar surface area (TPSA) is 53.1 Å². The van der Waals surface area contributed by atoms with E-state index < -0.39 is 0 Å². The van der Waals surface area contributed by atoms with Gasteiger partial charge in [0.1, 0.15) is 0 Å². The first-order valence-corrected chi connectivity index (χ1v) is 6.15. The molecule has 1 aromatic heterocycles. The minimum absolute atomic E-state index is 0.0627. The Bertz CT molecular complexity index is 337. The monoisotopic (exact) mass is 223 g/mol. The van der Waals surface area contributed by atoms with Gasteiger partial charge in [0, 0.05) is 36.9 Å². The van der Waals surface area contributed by atoms with Gasteiger partial charge in [0.15, 0.2) is 0 Å². The van der Waals surface area contributed by atoms with Gasteiger partial charge >= 0.3 is 0 Å². The molecule has 0 amide bonds. The second kappa shape index (κ2) is 4.97. The van der Waals surface area contributed by atoms with E-state index in [1.54, 1.807) is 0 Å². The molecule has 1 aromatic rings. The second-order valence-electron chi connectivity index (χ2n) is 4.43. The maximum Gasteiger partial charge on any atom is 0.0619 e. The zero-order valence-electron chi connectivity index (χ0n) is 10.1. The molecule has 4 heteroatoms. The van der Waals surface area contributed by atoms with Crippen molar-refractivity contribution in [1.82, 2.24) is 9.78 Å². The molecule has 0 radical (unpaired) electrons. The van der Waals surface area contributed by atoms with E-state index in [9.17, 15) is 0 Å². The molecule has 90 valence electrons. The number of rotatable bonds is 4. The molecule has 0 aromatic carbocycles. The Morgan fingerprint density at radius 2 is 2.44 bits per heavy atom. The molecule has 1 aliphatic heterocycles. The molecule has 0 saturated carbocycles. The molecule has 0 bridgehead atoms. The lowest BCUT2D eigenvalue weighted by Crippen LogP contribution is -2.27. The molecule has 1 aliphatic rings. The van der Waals surface area contributed by atoms with Gasteiger partial charge in [-0.3, -0.25) is 4.68 Å². The van der Waals surface area contributed by atoms with Crippen LogP contribution in [-0.2, 0) is 11.3 Å². The van der Waals surface area contributed by atoms with Crippen molar-refractivity contribution in [2.24, 2.45) is 11.7 Å². The number of hydrogen-bond acceptors (Lipinski definition) is 3. The Hall–Kier alpha value is -0.870. The molecule has 2 heterocycles. The van der Waals surface area contributed by atoms with Crippen molar-refractivity contribution in [1.29, 1.82) is 0 Å². The Labute approximate surface area is 96.8 Å². The highest BCUT2D eigenvalue weighted by molar-refractivity contribution is 5.12. The van der Waals surface area contributed by atoms with E-state index in [0.29, 0.717) is 12.0 Å². The maximum atomic E-state index is 6.30. The lowest BCUT2D eigenvalue weighted by Gasteiger charge is -2.22. The minimum Gasteiger partial charge on any atom is -0.378 e. The summed E-state index contributed by atoms with van der Waals surface area (Å²) in [6, 6.07) is 0.0627. The van der Waals surface area contributed by atoms with E-state index in [0.717, 1.165) is 31.6 Å². The fourth-order valence-corrected chi connectivity index (χ4v) is 2.47. The second-order valence-corrected chi connectivity index (χ2v) is 4.43. The summed E-state index contributed by atoms with van der Waals surface area (Å²) in [5.74, 6) is 0.444. The number of nitrogens with zero attached hydrogens (tertiary/aromatic N) is 2. The maximum absolute atomic E-state index is 6.30. The first-order chi connectivity index (χ1) is 7.76. The number of nitrogens with two attached hydrogens (primary N) is 1. The van der Waals surface area contributed by atoms with Crippen LogP contribution >= 0.6 is 0 Å². The van der Waals surface area contributed by atoms with Crippen LogP contribution in [0, 0.1) is 5.92 Å². The lowest BCUT2D eigenvalue weighted by atomic mass is 9.89. The Morgan fingerprint density at radius 1 is 1.62 bits per heavy atom. The van der Waals surface area contributed by atoms with Gasteiger partial charge < -0.3 is 10.5 Å². The molecule has 2 rings (SSSR count). The third-order valence-corrected chi connectivity index (χ3v) is 3.49. The summed E-state index contributed by atoms with van der Waals surface area (Å²) in [6.45, 7) is 5.98. The highest BCUT2D eigenvalue weighted by atomic mass is 16.5. The Kier molecular flexibility index (Phi) is 3.61. The van der Waals surface area contributed by atoms with Crippen LogP contribution in [0.4, 0.5) is 0 Å². The minimum atomic E-state index is 0.0627. The van der Waals surface area contributed by atoms with Crippen LogP contribution in [0.1, 0.15) is 38.3 Å². The molecular formula is C12H21N3O. The molecule has 16 heavy (non-hydrogen) atoms. The molecule has 1 saturated heterocycles. The summed E-state index contributed by atoms with van der Waals surface area (Å²) in [5, 5.41) is 4.27. The van der Waals surface area contributed by atoms with E-state index in [1.165, 1.54) is 0 Å². The first-order valence-electron chi connectivity index (χ1n) is 6.15. The number of hydrogen-bond donors (Lipinski definition) is 1. The molecular weight excluding hydrogens is 202 g/mol. The third-order valence-electron chi connectivity index (χ3n) is 3.49. The predicted molar refractivity (Wildman–Crippen MR) is 63.0 cm³/mol. The van der Waals surface area contributed by atoms with Gasteiger partial charge in [0.05, 0.1) is 12.3 Å². The van der Waals surface area contributed by atoms with Crippen molar-refractivity contribution in [2.75, 3.05) is 6.61 Å². The van der Waals surface area contributed by atoms with Crippen molar-refractivity contribution >= 4 is 0 Å². The zero-order valence-corrected chi connectivity index (χ0v) is 10.1. The zero-order chi connectivity index (χ0) is 11.5. The summed E-state index contributed by atoms with van der Waals surface area (Å²) in [6.07, 6.45) is 6.37. The van der Waals surface area contributed by atoms with E-state index in [-0.39, 0.29) is 6.04 Å². The van der Waals surface area contributed by atoms with Gasteiger partial charge in [-0.05, 0) is 19.8 Å². The van der Waals surface area contributed by atoms with Crippen LogP contribution in [0.25, 0.3) is 0 Å². The van der Waals surface area contributed by atoms with Crippen LogP contribution in [-0.4, -0.2) is 22.5 Å². The quantitative estimate of drug-likeness (QED) is 0.845. The summed E-state index contributed by atoms with van der Waals surface area (Å²) >= 11 is 0. The molecule has 0 aliphatic carbocycles. The van der Waals surface area contributed by atoms with Crippen LogP contribution in [0.2, 0.25) is 0 Å². The number of ether oxygens (including phenoxy) is 1. The molecule has 3 atom stereocenters. The van der Waals surface area contributed by atoms with Crippen LogP contribution in [0.3, 0.4) is 0 Å². The molecule has 1 fully saturated rings. The van der Waals surface area contributed by atoms with Crippen molar-refractivity contribution in [3.8, 4) is 0 Å². The highest BCUT2D eigenvalue weighted by Gasteiger charge is 2.32. The van der Waals surface area contributed by atoms with Gasteiger partial charge in [-0.25, -0.2) is 0 Å². The summed E-state index contributed by atoms with van der Waals surface area (Å²) in [4.78, 5) is 0. The fourth-order valence-electron chi connectivity index (χ4n) is 2.47. The van der Waals surface area contributed by atoms with E-state index in [2.05, 4.69) is 25.1 Å². The Balaban J connectivity index is 2.08. The SMILES string of the molecule is CCC1OCCC1C(N)c1cnn(CC)c1. The smallest absolute Gasteiger partial charge is 0.0619 e. The average molecular weight is 223 g/mol. The lowest BCUT2D eigenvalue weighted by molar-refractivity contribution is 0.0813. The molecule has 4 nitrogen and oxygen atoms in total. The summed E-state index contributed by atoms with van der Waals surface area (Å²) < 4.78 is 7.61. The van der Waals surface area contributed by atoms with E-state index in [4.69, 9.17) is 10.5 Å². The number of aryl methyl sites for hydroxylation is 1. The van der Waals surface area contributed by atoms with Crippen LogP contribution < -0.4 is 5.73 Å². The molecule has 2 N–H and O–H groups in total. The number of aromatic nitrogens is 2. The van der Waals surface area contributed by atoms with Crippen molar-refractivity contribution in [3.05, 3.63) is 18.0 Å². The highest BCUT2D eigenvalue weighted by Crippen LogP contribution is 2.32. The van der Waals surface area contributed by atoms with Crippen molar-refractivity contribution in [3.63, 3.8) is 0 Å². The summed E-state index contributed by atoms with van der Waals surface area (Å²) in [7, 11) is 0. The van der Waals surface area contributed by atoms with Crippen molar-refractivity contribution in [2.45, 2.75) is 45.4 Å². The average Bonchev–Trinajstić information content (AvgIpc) is 2.96.